The average Bonchev–Trinajstić information content (AvgIpc) is 3.31. The molecule has 6 rings (SSSR count). The molecule has 11 heteroatoms. The standard InChI is InChI=1S/C29H34F3N5O3/c1-2-40-28(38)23-18-24(36-11-9-21(10-12-36)35-13-15-39-16-14-35)25-26(19-5-3-6-19)34-37(27(25)33-23)22-8-4-7-20(17-22)29(30,31)32/h4,7-8,17-19,21H,2-3,5-6,9-16H2,1H3. The number of halogens is 3. The number of rotatable bonds is 6. The van der Waals surface area contributed by atoms with E-state index in [0.717, 1.165) is 100 Å². The fraction of sp³-hybridized carbons (Fsp3) is 0.552. The molecule has 0 atom stereocenters. The fourth-order valence-corrected chi connectivity index (χ4v) is 6.06. The van der Waals surface area contributed by atoms with Crippen LogP contribution in [-0.2, 0) is 15.7 Å². The lowest BCUT2D eigenvalue weighted by Gasteiger charge is -2.41. The van der Waals surface area contributed by atoms with Crippen molar-refractivity contribution in [2.45, 2.75) is 57.2 Å². The number of hydrogen-bond acceptors (Lipinski definition) is 7. The Kier molecular flexibility index (Phi) is 7.43. The van der Waals surface area contributed by atoms with Gasteiger partial charge in [-0.1, -0.05) is 12.5 Å². The zero-order valence-corrected chi connectivity index (χ0v) is 22.6. The van der Waals surface area contributed by atoms with Gasteiger partial charge in [0, 0.05) is 38.1 Å². The highest BCUT2D eigenvalue weighted by atomic mass is 19.4. The maximum absolute atomic E-state index is 13.6. The number of anilines is 1. The number of aromatic nitrogens is 3. The Bertz CT molecular complexity index is 1370. The Morgan fingerprint density at radius 3 is 2.48 bits per heavy atom. The molecule has 3 aliphatic rings. The lowest BCUT2D eigenvalue weighted by molar-refractivity contribution is -0.137. The van der Waals surface area contributed by atoms with Gasteiger partial charge in [0.25, 0.3) is 0 Å². The molecular formula is C29H34F3N5O3. The normalized spacial score (nSPS) is 19.6. The van der Waals surface area contributed by atoms with Crippen LogP contribution in [0.25, 0.3) is 16.7 Å². The number of hydrogen-bond donors (Lipinski definition) is 0. The van der Waals surface area contributed by atoms with E-state index in [1.54, 1.807) is 19.1 Å². The summed E-state index contributed by atoms with van der Waals surface area (Å²) in [6.07, 6.45) is 0.463. The first-order chi connectivity index (χ1) is 19.3. The van der Waals surface area contributed by atoms with Crippen molar-refractivity contribution < 1.29 is 27.4 Å². The number of ether oxygens (including phenoxy) is 2. The predicted octanol–water partition coefficient (Wildman–Crippen LogP) is 5.18. The van der Waals surface area contributed by atoms with E-state index >= 15 is 0 Å². The minimum absolute atomic E-state index is 0.132. The zero-order chi connectivity index (χ0) is 27.9. The van der Waals surface area contributed by atoms with Gasteiger partial charge in [-0.15, -0.1) is 0 Å². The van der Waals surface area contributed by atoms with E-state index in [9.17, 15) is 18.0 Å². The molecule has 2 aromatic heterocycles. The predicted molar refractivity (Wildman–Crippen MR) is 144 cm³/mol. The molecule has 0 radical (unpaired) electrons. The highest BCUT2D eigenvalue weighted by Crippen LogP contribution is 2.43. The third-order valence-corrected chi connectivity index (χ3v) is 8.41. The molecule has 0 N–H and O–H groups in total. The first-order valence-corrected chi connectivity index (χ1v) is 14.2. The van der Waals surface area contributed by atoms with E-state index in [1.807, 2.05) is 0 Å². The van der Waals surface area contributed by atoms with Crippen LogP contribution in [0.4, 0.5) is 18.9 Å². The number of pyridine rings is 1. The molecule has 0 unspecified atom stereocenters. The molecule has 2 saturated heterocycles. The minimum Gasteiger partial charge on any atom is -0.461 e. The van der Waals surface area contributed by atoms with Gasteiger partial charge in [0.15, 0.2) is 11.3 Å². The van der Waals surface area contributed by atoms with Crippen molar-refractivity contribution in [1.82, 2.24) is 19.7 Å². The Morgan fingerprint density at radius 1 is 1.07 bits per heavy atom. The van der Waals surface area contributed by atoms with Crippen molar-refractivity contribution in [1.29, 1.82) is 0 Å². The molecule has 4 heterocycles. The van der Waals surface area contributed by atoms with E-state index in [0.29, 0.717) is 11.7 Å². The molecular weight excluding hydrogens is 523 g/mol. The van der Waals surface area contributed by atoms with Gasteiger partial charge >= 0.3 is 12.1 Å². The van der Waals surface area contributed by atoms with Crippen molar-refractivity contribution in [2.24, 2.45) is 0 Å². The molecule has 1 aliphatic carbocycles. The number of nitrogens with zero attached hydrogens (tertiary/aromatic N) is 5. The van der Waals surface area contributed by atoms with Gasteiger partial charge in [0.05, 0.1) is 47.8 Å². The van der Waals surface area contributed by atoms with Gasteiger partial charge < -0.3 is 14.4 Å². The van der Waals surface area contributed by atoms with Crippen molar-refractivity contribution in [3.05, 3.63) is 47.3 Å². The molecule has 1 aromatic carbocycles. The molecule has 0 spiro atoms. The minimum atomic E-state index is -4.49. The summed E-state index contributed by atoms with van der Waals surface area (Å²) in [6, 6.07) is 7.36. The van der Waals surface area contributed by atoms with Gasteiger partial charge in [0.2, 0.25) is 0 Å². The van der Waals surface area contributed by atoms with E-state index in [4.69, 9.17) is 14.6 Å². The second-order valence-corrected chi connectivity index (χ2v) is 10.8. The molecule has 1 saturated carbocycles. The second-order valence-electron chi connectivity index (χ2n) is 10.8. The number of morpholine rings is 1. The number of carbonyl (C=O) groups is 1. The molecule has 0 bridgehead atoms. The van der Waals surface area contributed by atoms with Gasteiger partial charge in [0.1, 0.15) is 0 Å². The van der Waals surface area contributed by atoms with Gasteiger partial charge in [-0.3, -0.25) is 4.90 Å². The highest BCUT2D eigenvalue weighted by Gasteiger charge is 2.34. The summed E-state index contributed by atoms with van der Waals surface area (Å²) in [4.78, 5) is 22.4. The first-order valence-electron chi connectivity index (χ1n) is 14.2. The summed E-state index contributed by atoms with van der Waals surface area (Å²) in [5, 5.41) is 5.70. The third kappa shape index (κ3) is 5.16. The lowest BCUT2D eigenvalue weighted by Crippen LogP contribution is -2.49. The maximum Gasteiger partial charge on any atom is 0.416 e. The Morgan fingerprint density at radius 2 is 1.82 bits per heavy atom. The summed E-state index contributed by atoms with van der Waals surface area (Å²) >= 11 is 0. The molecule has 3 fully saturated rings. The summed E-state index contributed by atoms with van der Waals surface area (Å²) in [5.41, 5.74) is 1.71. The largest absolute Gasteiger partial charge is 0.461 e. The van der Waals surface area contributed by atoms with Crippen LogP contribution in [-0.4, -0.2) is 77.7 Å². The molecule has 40 heavy (non-hydrogen) atoms. The fourth-order valence-electron chi connectivity index (χ4n) is 6.06. The topological polar surface area (TPSA) is 72.7 Å². The van der Waals surface area contributed by atoms with Crippen LogP contribution in [0.5, 0.6) is 0 Å². The quantitative estimate of drug-likeness (QED) is 0.387. The summed E-state index contributed by atoms with van der Waals surface area (Å²) in [5.74, 6) is -0.356. The van der Waals surface area contributed by atoms with Crippen LogP contribution in [0.15, 0.2) is 30.3 Å². The first kappa shape index (κ1) is 27.0. The Labute approximate surface area is 231 Å². The average molecular weight is 558 g/mol. The molecule has 3 aromatic rings. The smallest absolute Gasteiger partial charge is 0.416 e. The molecule has 2 aliphatic heterocycles. The van der Waals surface area contributed by atoms with E-state index < -0.39 is 17.7 Å². The molecule has 214 valence electrons. The van der Waals surface area contributed by atoms with Crippen molar-refractivity contribution in [3.63, 3.8) is 0 Å². The van der Waals surface area contributed by atoms with Crippen molar-refractivity contribution in [3.8, 4) is 5.69 Å². The van der Waals surface area contributed by atoms with Crippen molar-refractivity contribution in [2.75, 3.05) is 50.9 Å². The summed E-state index contributed by atoms with van der Waals surface area (Å²) in [6.45, 7) is 6.90. The number of piperidine rings is 1. The van der Waals surface area contributed by atoms with Crippen LogP contribution in [0.2, 0.25) is 0 Å². The van der Waals surface area contributed by atoms with Gasteiger partial charge in [-0.2, -0.15) is 18.3 Å². The number of esters is 1. The van der Waals surface area contributed by atoms with E-state index in [-0.39, 0.29) is 23.9 Å². The SMILES string of the molecule is CCOC(=O)c1cc(N2CCC(N3CCOCC3)CC2)c2c(C3CCC3)nn(-c3cccc(C(F)(F)F)c3)c2n1. The van der Waals surface area contributed by atoms with E-state index in [2.05, 4.69) is 14.8 Å². The van der Waals surface area contributed by atoms with Crippen LogP contribution in [0, 0.1) is 0 Å². The van der Waals surface area contributed by atoms with Gasteiger partial charge in [-0.05, 0) is 56.9 Å². The van der Waals surface area contributed by atoms with Crippen LogP contribution >= 0.6 is 0 Å². The van der Waals surface area contributed by atoms with Crippen LogP contribution in [0.3, 0.4) is 0 Å². The third-order valence-electron chi connectivity index (χ3n) is 8.41. The van der Waals surface area contributed by atoms with Gasteiger partial charge in [-0.25, -0.2) is 14.5 Å². The van der Waals surface area contributed by atoms with E-state index in [1.165, 1.54) is 10.7 Å². The maximum atomic E-state index is 13.6. The lowest BCUT2D eigenvalue weighted by atomic mass is 9.82. The number of alkyl halides is 3. The van der Waals surface area contributed by atoms with Crippen LogP contribution < -0.4 is 4.90 Å². The second kappa shape index (κ2) is 11.0. The highest BCUT2D eigenvalue weighted by molar-refractivity contribution is 5.99. The zero-order valence-electron chi connectivity index (χ0n) is 22.6. The van der Waals surface area contributed by atoms with Crippen molar-refractivity contribution >= 4 is 22.7 Å². The Balaban J connectivity index is 1.45. The monoisotopic (exact) mass is 557 g/mol. The number of fused-ring (bicyclic) bond motifs is 1. The summed E-state index contributed by atoms with van der Waals surface area (Å²) in [7, 11) is 0. The number of benzene rings is 1. The molecule has 8 nitrogen and oxygen atoms in total. The molecule has 0 amide bonds. The van der Waals surface area contributed by atoms with Crippen LogP contribution in [0.1, 0.15) is 66.7 Å². The number of carbonyl (C=O) groups excluding carboxylic acids is 1. The Hall–Kier alpha value is -3.18. The summed E-state index contributed by atoms with van der Waals surface area (Å²) < 4.78 is 53.1.